The van der Waals surface area contributed by atoms with E-state index in [4.69, 9.17) is 15.2 Å². The summed E-state index contributed by atoms with van der Waals surface area (Å²) >= 11 is 0. The molecule has 1 aromatic heterocycles. The number of allylic oxidation sites excluding steroid dienone is 9. The Bertz CT molecular complexity index is 1650. The molecule has 0 amide bonds. The zero-order valence-corrected chi connectivity index (χ0v) is 22.5. The monoisotopic (exact) mass is 497 g/mol. The summed E-state index contributed by atoms with van der Waals surface area (Å²) in [5.41, 5.74) is 7.87. The Labute approximate surface area is 225 Å². The molecule has 0 saturated heterocycles. The molecule has 0 aliphatic heterocycles. The highest BCUT2D eigenvalue weighted by atomic mass is 15.5. The van der Waals surface area contributed by atoms with Crippen molar-refractivity contribution in [3.05, 3.63) is 132 Å². The van der Waals surface area contributed by atoms with E-state index in [-0.39, 0.29) is 5.92 Å². The average molecular weight is 498 g/mol. The van der Waals surface area contributed by atoms with Crippen LogP contribution in [0.2, 0.25) is 0 Å². The van der Waals surface area contributed by atoms with Crippen LogP contribution in [-0.4, -0.2) is 15.2 Å². The maximum atomic E-state index is 4.93. The lowest BCUT2D eigenvalue weighted by Gasteiger charge is -2.14. The summed E-state index contributed by atoms with van der Waals surface area (Å²) in [7, 11) is 0. The molecule has 1 heterocycles. The lowest BCUT2D eigenvalue weighted by atomic mass is 9.91. The van der Waals surface area contributed by atoms with E-state index in [2.05, 4.69) is 100 Å². The van der Waals surface area contributed by atoms with Crippen molar-refractivity contribution in [2.24, 2.45) is 0 Å². The Morgan fingerprint density at radius 2 is 1.76 bits per heavy atom. The molecule has 38 heavy (non-hydrogen) atoms. The number of fused-ring (bicyclic) bond motifs is 1. The number of hydrogen-bond acceptors (Lipinski definition) is 3. The number of aryl methyl sites for hydroxylation is 3. The van der Waals surface area contributed by atoms with Crippen molar-refractivity contribution < 1.29 is 4.80 Å². The molecule has 1 aliphatic rings. The molecule has 1 unspecified atom stereocenters. The Kier molecular flexibility index (Phi) is 7.23. The highest BCUT2D eigenvalue weighted by Gasteiger charge is 2.25. The Hall–Kier alpha value is -4.44. The molecule has 4 heteroatoms. The van der Waals surface area contributed by atoms with Gasteiger partial charge in [0.25, 0.3) is 5.69 Å². The van der Waals surface area contributed by atoms with Crippen molar-refractivity contribution in [1.29, 1.82) is 0 Å². The van der Waals surface area contributed by atoms with Crippen LogP contribution in [-0.2, 0) is 0 Å². The van der Waals surface area contributed by atoms with Crippen LogP contribution >= 0.6 is 0 Å². The van der Waals surface area contributed by atoms with Gasteiger partial charge in [-0.2, -0.15) is 0 Å². The number of rotatable bonds is 6. The minimum atomic E-state index is 0.0999. The minimum Gasteiger partial charge on any atom is -0.201 e. The van der Waals surface area contributed by atoms with Crippen LogP contribution in [0.4, 0.5) is 0 Å². The van der Waals surface area contributed by atoms with E-state index in [9.17, 15) is 0 Å². The topological polar surface area (TPSA) is 42.5 Å². The van der Waals surface area contributed by atoms with Gasteiger partial charge in [-0.1, -0.05) is 91.6 Å². The first kappa shape index (κ1) is 25.2. The Morgan fingerprint density at radius 1 is 0.947 bits per heavy atom. The predicted octanol–water partition coefficient (Wildman–Crippen LogP) is 7.64. The smallest absolute Gasteiger partial charge is 0.201 e. The first-order valence-electron chi connectivity index (χ1n) is 13.1. The molecule has 1 atom stereocenters. The van der Waals surface area contributed by atoms with Gasteiger partial charge in [-0.3, -0.25) is 0 Å². The van der Waals surface area contributed by atoms with Crippen LogP contribution < -0.4 is 4.80 Å². The third kappa shape index (κ3) is 4.90. The van der Waals surface area contributed by atoms with E-state index in [1.54, 1.807) is 10.9 Å². The van der Waals surface area contributed by atoms with Crippen molar-refractivity contribution in [2.75, 3.05) is 0 Å². The molecule has 0 spiro atoms. The van der Waals surface area contributed by atoms with E-state index in [0.29, 0.717) is 5.82 Å². The van der Waals surface area contributed by atoms with Gasteiger partial charge in [-0.25, -0.2) is 4.98 Å². The molecule has 3 aromatic carbocycles. The standard InChI is InChI=1S/C34H33N4/c1-6-13-27(14-7-2)33-35-34(28-16-9-8-10-17-28)37-38(36-33)31-22-24(4)30(21-25(31)5)29-20-12-19-26-18-11-15-23(3)32(26)29/h6-16,18-22,28H,1,17H2,2-5H3/q+1/b14-7-,27-13+. The van der Waals surface area contributed by atoms with Crippen LogP contribution in [0.25, 0.3) is 33.2 Å². The molecule has 4 nitrogen and oxygen atoms in total. The molecule has 0 bridgehead atoms. The molecule has 4 aromatic rings. The lowest BCUT2D eigenvalue weighted by molar-refractivity contribution is -0.721. The van der Waals surface area contributed by atoms with Gasteiger partial charge < -0.3 is 0 Å². The maximum Gasteiger partial charge on any atom is 0.271 e. The van der Waals surface area contributed by atoms with E-state index < -0.39 is 0 Å². The normalized spacial score (nSPS) is 15.5. The summed E-state index contributed by atoms with van der Waals surface area (Å²) in [6.45, 7) is 12.3. The molecule has 5 rings (SSSR count). The lowest BCUT2D eigenvalue weighted by Crippen LogP contribution is -2.43. The van der Waals surface area contributed by atoms with Crippen LogP contribution in [0.1, 0.15) is 47.6 Å². The summed E-state index contributed by atoms with van der Waals surface area (Å²) in [6, 6.07) is 17.5. The SMILES string of the molecule is C=C/C=C(\C=C/C)c1nc(C2C=CC=CC2)n[n+](-c2cc(C)c(-c3cccc4cccc(C)c34)cc2C)n1. The van der Waals surface area contributed by atoms with Crippen LogP contribution in [0.5, 0.6) is 0 Å². The van der Waals surface area contributed by atoms with E-state index >= 15 is 0 Å². The van der Waals surface area contributed by atoms with E-state index in [1.807, 2.05) is 25.2 Å². The first-order chi connectivity index (χ1) is 18.5. The van der Waals surface area contributed by atoms with E-state index in [0.717, 1.165) is 29.1 Å². The first-order valence-corrected chi connectivity index (χ1v) is 13.1. The predicted molar refractivity (Wildman–Crippen MR) is 157 cm³/mol. The van der Waals surface area contributed by atoms with Gasteiger partial charge in [-0.05, 0) is 73.2 Å². The summed E-state index contributed by atoms with van der Waals surface area (Å²) in [4.78, 5) is 6.64. The van der Waals surface area contributed by atoms with Crippen molar-refractivity contribution in [2.45, 2.75) is 40.0 Å². The fourth-order valence-electron chi connectivity index (χ4n) is 5.09. The van der Waals surface area contributed by atoms with Gasteiger partial charge in [0.15, 0.2) is 0 Å². The number of hydrogen-bond donors (Lipinski definition) is 0. The average Bonchev–Trinajstić information content (AvgIpc) is 2.94. The fraction of sp³-hybridized carbons (Fsp3) is 0.176. The van der Waals surface area contributed by atoms with E-state index in [1.165, 1.54) is 33.0 Å². The highest BCUT2D eigenvalue weighted by molar-refractivity contribution is 5.99. The van der Waals surface area contributed by atoms with Crippen molar-refractivity contribution >= 4 is 16.3 Å². The third-order valence-electron chi connectivity index (χ3n) is 6.98. The van der Waals surface area contributed by atoms with Crippen LogP contribution in [0.3, 0.4) is 0 Å². The van der Waals surface area contributed by atoms with Gasteiger partial charge >= 0.3 is 0 Å². The minimum absolute atomic E-state index is 0.0999. The summed E-state index contributed by atoms with van der Waals surface area (Å²) < 4.78 is 0. The zero-order chi connectivity index (χ0) is 26.6. The highest BCUT2D eigenvalue weighted by Crippen LogP contribution is 2.34. The summed E-state index contributed by atoms with van der Waals surface area (Å²) in [5.74, 6) is 1.48. The molecular weight excluding hydrogens is 464 g/mol. The van der Waals surface area contributed by atoms with Crippen molar-refractivity contribution in [3.63, 3.8) is 0 Å². The molecule has 0 fully saturated rings. The molecule has 0 N–H and O–H groups in total. The number of nitrogens with zero attached hydrogens (tertiary/aromatic N) is 4. The Morgan fingerprint density at radius 3 is 2.50 bits per heavy atom. The van der Waals surface area contributed by atoms with Gasteiger partial charge in [0.1, 0.15) is 0 Å². The molecule has 0 radical (unpaired) electrons. The fourth-order valence-corrected chi connectivity index (χ4v) is 5.09. The molecular formula is C34H33N4+. The zero-order valence-electron chi connectivity index (χ0n) is 22.5. The Balaban J connectivity index is 1.68. The number of benzene rings is 3. The summed E-state index contributed by atoms with van der Waals surface area (Å²) in [5, 5.41) is 12.4. The largest absolute Gasteiger partial charge is 0.271 e. The quantitative estimate of drug-likeness (QED) is 0.203. The maximum absolute atomic E-state index is 4.93. The van der Waals surface area contributed by atoms with Crippen LogP contribution in [0.15, 0.2) is 104 Å². The van der Waals surface area contributed by atoms with Gasteiger partial charge in [-0.15, -0.1) is 0 Å². The van der Waals surface area contributed by atoms with Gasteiger partial charge in [0, 0.05) is 28.2 Å². The van der Waals surface area contributed by atoms with Gasteiger partial charge in [0.2, 0.25) is 11.6 Å². The van der Waals surface area contributed by atoms with Gasteiger partial charge in [0.05, 0.1) is 9.90 Å². The van der Waals surface area contributed by atoms with Crippen molar-refractivity contribution in [3.8, 4) is 16.8 Å². The van der Waals surface area contributed by atoms with Crippen LogP contribution in [0, 0.1) is 20.8 Å². The second kappa shape index (κ2) is 10.9. The molecule has 0 saturated carbocycles. The second-order valence-electron chi connectivity index (χ2n) is 9.73. The number of aromatic nitrogens is 4. The third-order valence-corrected chi connectivity index (χ3v) is 6.98. The molecule has 188 valence electrons. The summed E-state index contributed by atoms with van der Waals surface area (Å²) in [6.07, 6.45) is 17.0. The van der Waals surface area contributed by atoms with Crippen molar-refractivity contribution in [1.82, 2.24) is 15.2 Å². The molecule has 1 aliphatic carbocycles. The second-order valence-corrected chi connectivity index (χ2v) is 9.73.